The molecule has 0 radical (unpaired) electrons. The summed E-state index contributed by atoms with van der Waals surface area (Å²) in [6.45, 7) is 3.10. The van der Waals surface area contributed by atoms with Gasteiger partial charge in [0.05, 0.1) is 17.4 Å². The molecule has 0 saturated carbocycles. The normalized spacial score (nSPS) is 17.5. The first-order valence-electron chi connectivity index (χ1n) is 9.25. The van der Waals surface area contributed by atoms with Crippen LogP contribution in [0.2, 0.25) is 0 Å². The Morgan fingerprint density at radius 1 is 1.23 bits per heavy atom. The van der Waals surface area contributed by atoms with Crippen molar-refractivity contribution in [2.45, 2.75) is 32.3 Å². The van der Waals surface area contributed by atoms with Gasteiger partial charge in [0.15, 0.2) is 0 Å². The molecule has 0 saturated heterocycles. The van der Waals surface area contributed by atoms with Crippen molar-refractivity contribution in [1.29, 1.82) is 0 Å². The summed E-state index contributed by atoms with van der Waals surface area (Å²) in [4.78, 5) is 37.7. The molecule has 0 aromatic heterocycles. The molecule has 2 amide bonds. The minimum absolute atomic E-state index is 0.0469. The fourth-order valence-corrected chi connectivity index (χ4v) is 3.60. The summed E-state index contributed by atoms with van der Waals surface area (Å²) in [6.07, 6.45) is 0.0230. The van der Waals surface area contributed by atoms with Crippen LogP contribution in [0.15, 0.2) is 48.2 Å². The molecule has 0 spiro atoms. The third-order valence-corrected chi connectivity index (χ3v) is 5.16. The smallest absolute Gasteiger partial charge is 0.333 e. The number of amides is 2. The van der Waals surface area contributed by atoms with E-state index >= 15 is 0 Å². The predicted molar refractivity (Wildman–Crippen MR) is 107 cm³/mol. The lowest BCUT2D eigenvalue weighted by Gasteiger charge is -2.31. The summed E-state index contributed by atoms with van der Waals surface area (Å²) in [5.41, 5.74) is 7.06. The lowest BCUT2D eigenvalue weighted by Crippen LogP contribution is -2.35. The zero-order valence-electron chi connectivity index (χ0n) is 16.4. The molecule has 4 N–H and O–H groups in total. The van der Waals surface area contributed by atoms with Gasteiger partial charge in [0.1, 0.15) is 5.82 Å². The Morgan fingerprint density at radius 3 is 2.40 bits per heavy atom. The van der Waals surface area contributed by atoms with Crippen molar-refractivity contribution in [3.05, 3.63) is 76.2 Å². The summed E-state index contributed by atoms with van der Waals surface area (Å²) in [6, 6.07) is 8.26. The number of halogens is 1. The maximum absolute atomic E-state index is 13.3. The number of carboxylic acids is 1. The topological polar surface area (TPSA) is 121 Å². The van der Waals surface area contributed by atoms with Crippen LogP contribution in [0.4, 0.5) is 10.1 Å². The van der Waals surface area contributed by atoms with E-state index in [1.54, 1.807) is 6.92 Å². The SMILES string of the molecule is Cc1cc(N2C=C(C(=O)O)[C@H](c3ccc(F)cc3)CC2=O)c([C@H](C)O)cc1C(N)=O. The maximum atomic E-state index is 13.3. The molecule has 7 nitrogen and oxygen atoms in total. The Bertz CT molecular complexity index is 1060. The van der Waals surface area contributed by atoms with Gasteiger partial charge < -0.3 is 15.9 Å². The summed E-state index contributed by atoms with van der Waals surface area (Å²) in [7, 11) is 0. The molecule has 1 heterocycles. The molecular weight excluding hydrogens is 391 g/mol. The van der Waals surface area contributed by atoms with E-state index in [9.17, 15) is 29.0 Å². The van der Waals surface area contributed by atoms with E-state index in [1.165, 1.54) is 54.4 Å². The molecule has 2 aromatic carbocycles. The van der Waals surface area contributed by atoms with Gasteiger partial charge in [-0.25, -0.2) is 9.18 Å². The van der Waals surface area contributed by atoms with Crippen LogP contribution in [0, 0.1) is 12.7 Å². The molecular formula is C22H21FN2O5. The first-order chi connectivity index (χ1) is 14.1. The van der Waals surface area contributed by atoms with E-state index in [-0.39, 0.29) is 28.8 Å². The van der Waals surface area contributed by atoms with Gasteiger partial charge in [-0.1, -0.05) is 12.1 Å². The van der Waals surface area contributed by atoms with E-state index in [4.69, 9.17) is 5.73 Å². The number of carbonyl (C=O) groups excluding carboxylic acids is 2. The molecule has 0 fully saturated rings. The molecule has 8 heteroatoms. The summed E-state index contributed by atoms with van der Waals surface area (Å²) < 4.78 is 13.3. The number of anilines is 1. The number of aryl methyl sites for hydroxylation is 1. The molecule has 30 heavy (non-hydrogen) atoms. The van der Waals surface area contributed by atoms with Crippen molar-refractivity contribution < 1.29 is 29.0 Å². The van der Waals surface area contributed by atoms with Crippen LogP contribution in [0.3, 0.4) is 0 Å². The van der Waals surface area contributed by atoms with Crippen LogP contribution in [0.5, 0.6) is 0 Å². The molecule has 0 unspecified atom stereocenters. The van der Waals surface area contributed by atoms with Crippen molar-refractivity contribution in [3.8, 4) is 0 Å². The van der Waals surface area contributed by atoms with E-state index in [1.807, 2.05) is 0 Å². The standard InChI is InChI=1S/C22H21FN2O5/c1-11-7-19(16(12(2)26)8-15(11)21(24)28)25-10-18(22(29)30)17(9-20(25)27)13-3-5-14(23)6-4-13/h3-8,10,12,17,26H,9H2,1-2H3,(H2,24,28)(H,29,30)/t12-,17-/m0/s1. The van der Waals surface area contributed by atoms with Crippen molar-refractivity contribution in [3.63, 3.8) is 0 Å². The second-order valence-electron chi connectivity index (χ2n) is 7.23. The minimum Gasteiger partial charge on any atom is -0.478 e. The van der Waals surface area contributed by atoms with Crippen molar-refractivity contribution in [2.24, 2.45) is 5.73 Å². The predicted octanol–water partition coefficient (Wildman–Crippen LogP) is 2.78. The summed E-state index contributed by atoms with van der Waals surface area (Å²) in [5.74, 6) is -3.50. The Hall–Kier alpha value is -3.52. The molecule has 3 rings (SSSR count). The third kappa shape index (κ3) is 3.95. The third-order valence-electron chi connectivity index (χ3n) is 5.16. The van der Waals surface area contributed by atoms with Crippen molar-refractivity contribution in [2.75, 3.05) is 4.90 Å². The van der Waals surface area contributed by atoms with Gasteiger partial charge in [0, 0.05) is 29.7 Å². The number of carboxylic acid groups (broad SMARTS) is 1. The minimum atomic E-state index is -1.22. The van der Waals surface area contributed by atoms with E-state index in [2.05, 4.69) is 0 Å². The molecule has 0 aliphatic carbocycles. The number of aliphatic carboxylic acids is 1. The van der Waals surface area contributed by atoms with Gasteiger partial charge in [0.2, 0.25) is 11.8 Å². The highest BCUT2D eigenvalue weighted by atomic mass is 19.1. The second-order valence-corrected chi connectivity index (χ2v) is 7.23. The number of primary amides is 1. The first kappa shape index (κ1) is 21.2. The number of benzene rings is 2. The fraction of sp³-hybridized carbons (Fsp3) is 0.227. The number of hydrogen-bond donors (Lipinski definition) is 3. The van der Waals surface area contributed by atoms with E-state index in [0.717, 1.165) is 0 Å². The summed E-state index contributed by atoms with van der Waals surface area (Å²) in [5, 5.41) is 19.9. The number of aliphatic hydroxyl groups is 1. The fourth-order valence-electron chi connectivity index (χ4n) is 3.60. The molecule has 156 valence electrons. The van der Waals surface area contributed by atoms with Crippen LogP contribution in [0.1, 0.15) is 52.4 Å². The highest BCUT2D eigenvalue weighted by Gasteiger charge is 2.34. The highest BCUT2D eigenvalue weighted by Crippen LogP contribution is 2.38. The number of nitrogens with two attached hydrogens (primary N) is 1. The maximum Gasteiger partial charge on any atom is 0.333 e. The number of aliphatic hydroxyl groups excluding tert-OH is 1. The molecule has 2 aromatic rings. The van der Waals surface area contributed by atoms with Crippen molar-refractivity contribution >= 4 is 23.5 Å². The van der Waals surface area contributed by atoms with Gasteiger partial charge in [-0.2, -0.15) is 0 Å². The molecule has 0 bridgehead atoms. The number of hydrogen-bond acceptors (Lipinski definition) is 4. The Labute approximate surface area is 172 Å². The Morgan fingerprint density at radius 2 is 1.87 bits per heavy atom. The van der Waals surface area contributed by atoms with Crippen LogP contribution in [0.25, 0.3) is 0 Å². The Balaban J connectivity index is 2.14. The van der Waals surface area contributed by atoms with Gasteiger partial charge in [-0.05, 0) is 49.2 Å². The first-order valence-corrected chi connectivity index (χ1v) is 9.25. The average Bonchev–Trinajstić information content (AvgIpc) is 2.67. The van der Waals surface area contributed by atoms with Gasteiger partial charge in [0.25, 0.3) is 0 Å². The average molecular weight is 412 g/mol. The van der Waals surface area contributed by atoms with Crippen molar-refractivity contribution in [1.82, 2.24) is 0 Å². The molecule has 1 aliphatic rings. The summed E-state index contributed by atoms with van der Waals surface area (Å²) >= 11 is 0. The quantitative estimate of drug-likeness (QED) is 0.697. The molecule has 2 atom stereocenters. The number of carbonyl (C=O) groups is 3. The Kier molecular flexibility index (Phi) is 5.71. The highest BCUT2D eigenvalue weighted by molar-refractivity contribution is 6.03. The van der Waals surface area contributed by atoms with Gasteiger partial charge >= 0.3 is 5.97 Å². The zero-order valence-corrected chi connectivity index (χ0v) is 16.4. The largest absolute Gasteiger partial charge is 0.478 e. The lowest BCUT2D eigenvalue weighted by molar-refractivity contribution is -0.133. The number of rotatable bonds is 5. The second kappa shape index (κ2) is 8.08. The zero-order chi connectivity index (χ0) is 22.2. The van der Waals surface area contributed by atoms with Crippen LogP contribution < -0.4 is 10.6 Å². The van der Waals surface area contributed by atoms with Crippen LogP contribution >= 0.6 is 0 Å². The van der Waals surface area contributed by atoms with Crippen LogP contribution in [-0.2, 0) is 9.59 Å². The van der Waals surface area contributed by atoms with Gasteiger partial charge in [-0.15, -0.1) is 0 Å². The van der Waals surface area contributed by atoms with Crippen LogP contribution in [-0.4, -0.2) is 28.0 Å². The number of nitrogens with zero attached hydrogens (tertiary/aromatic N) is 1. The lowest BCUT2D eigenvalue weighted by atomic mass is 9.85. The monoisotopic (exact) mass is 412 g/mol. The van der Waals surface area contributed by atoms with Gasteiger partial charge in [-0.3, -0.25) is 14.5 Å². The molecule has 1 aliphatic heterocycles. The van der Waals surface area contributed by atoms with E-state index in [0.29, 0.717) is 11.1 Å². The van der Waals surface area contributed by atoms with E-state index < -0.39 is 35.6 Å².